The zero-order valence-corrected chi connectivity index (χ0v) is 27.1. The standard InChI is InChI=1S/C29H33ClF3N7O6S/c1-27(2,23(42)40-47(43,44)15-14-45-3)16-34-22(41)18-4-10-21(11-5-18)35-24-36-25(38-26(37-24)46-17-29(31,32)33)39-28(12-13-28)19-6-8-20(30)9-7-19/h4-11H,12-17H2,1-3H3,(H,34,41)(H,40,42)(H2,35,36,37,38,39). The van der Waals surface area contributed by atoms with Crippen LogP contribution in [0.25, 0.3) is 0 Å². The van der Waals surface area contributed by atoms with Crippen LogP contribution in [-0.4, -0.2) is 74.0 Å². The van der Waals surface area contributed by atoms with Crippen LogP contribution in [0.15, 0.2) is 48.5 Å². The van der Waals surface area contributed by atoms with E-state index in [1.165, 1.54) is 45.2 Å². The number of carbonyl (C=O) groups is 2. The van der Waals surface area contributed by atoms with Crippen molar-refractivity contribution in [2.45, 2.75) is 38.4 Å². The van der Waals surface area contributed by atoms with Gasteiger partial charge in [0.2, 0.25) is 27.8 Å². The Bertz CT molecular complexity index is 1690. The van der Waals surface area contributed by atoms with Gasteiger partial charge in [-0.25, -0.2) is 8.42 Å². The van der Waals surface area contributed by atoms with Gasteiger partial charge in [0.1, 0.15) is 0 Å². The number of halogens is 4. The monoisotopic (exact) mass is 699 g/mol. The molecule has 4 rings (SSSR count). The second kappa shape index (κ2) is 14.3. The average molecular weight is 700 g/mol. The van der Waals surface area contributed by atoms with Crippen molar-refractivity contribution in [3.63, 3.8) is 0 Å². The van der Waals surface area contributed by atoms with Crippen LogP contribution in [0.3, 0.4) is 0 Å². The molecule has 1 aliphatic rings. The lowest BCUT2D eigenvalue weighted by molar-refractivity contribution is -0.154. The summed E-state index contributed by atoms with van der Waals surface area (Å²) in [6.45, 7) is 1.09. The molecule has 4 N–H and O–H groups in total. The van der Waals surface area contributed by atoms with Crippen LogP contribution in [0, 0.1) is 5.41 Å². The maximum absolute atomic E-state index is 12.9. The number of alkyl halides is 3. The summed E-state index contributed by atoms with van der Waals surface area (Å²) in [5.74, 6) is -1.85. The Kier molecular flexibility index (Phi) is 10.8. The maximum atomic E-state index is 12.9. The smallest absolute Gasteiger partial charge is 0.422 e. The zero-order valence-electron chi connectivity index (χ0n) is 25.6. The van der Waals surface area contributed by atoms with E-state index >= 15 is 0 Å². The Morgan fingerprint density at radius 1 is 0.979 bits per heavy atom. The van der Waals surface area contributed by atoms with E-state index < -0.39 is 57.3 Å². The minimum atomic E-state index is -4.62. The summed E-state index contributed by atoms with van der Waals surface area (Å²) in [5, 5.41) is 9.22. The van der Waals surface area contributed by atoms with Crippen molar-refractivity contribution >= 4 is 51.0 Å². The van der Waals surface area contributed by atoms with Crippen LogP contribution in [0.1, 0.15) is 42.6 Å². The lowest BCUT2D eigenvalue weighted by Crippen LogP contribution is -2.47. The summed E-state index contributed by atoms with van der Waals surface area (Å²) < 4.78 is 74.2. The summed E-state index contributed by atoms with van der Waals surface area (Å²) >= 11 is 6.01. The Hall–Kier alpha value is -4.22. The van der Waals surface area contributed by atoms with Crippen LogP contribution in [0.4, 0.5) is 30.8 Å². The van der Waals surface area contributed by atoms with E-state index in [4.69, 9.17) is 21.1 Å². The van der Waals surface area contributed by atoms with E-state index in [1.54, 1.807) is 12.1 Å². The van der Waals surface area contributed by atoms with Gasteiger partial charge in [-0.3, -0.25) is 14.3 Å². The normalized spacial score (nSPS) is 14.2. The molecule has 0 atom stereocenters. The molecule has 254 valence electrons. The predicted molar refractivity (Wildman–Crippen MR) is 167 cm³/mol. The third kappa shape index (κ3) is 10.4. The Labute approximate surface area is 274 Å². The Balaban J connectivity index is 1.43. The molecule has 2 amide bonds. The second-order valence-electron chi connectivity index (χ2n) is 11.4. The molecule has 0 aliphatic heterocycles. The van der Waals surface area contributed by atoms with Crippen molar-refractivity contribution in [1.29, 1.82) is 0 Å². The van der Waals surface area contributed by atoms with Gasteiger partial charge in [0, 0.05) is 29.9 Å². The van der Waals surface area contributed by atoms with Gasteiger partial charge in [-0.2, -0.15) is 28.1 Å². The molecular formula is C29H33ClF3N7O6S. The SMILES string of the molecule is COCCS(=O)(=O)NC(=O)C(C)(C)CNC(=O)c1ccc(Nc2nc(NC3(c4ccc(Cl)cc4)CC3)nc(OCC(F)(F)F)n2)cc1. The number of rotatable bonds is 15. The van der Waals surface area contributed by atoms with E-state index in [9.17, 15) is 31.2 Å². The van der Waals surface area contributed by atoms with Gasteiger partial charge in [0.25, 0.3) is 5.91 Å². The van der Waals surface area contributed by atoms with E-state index in [0.29, 0.717) is 10.7 Å². The summed E-state index contributed by atoms with van der Waals surface area (Å²) in [7, 11) is -2.57. The van der Waals surface area contributed by atoms with Crippen molar-refractivity contribution in [2.24, 2.45) is 5.41 Å². The largest absolute Gasteiger partial charge is 0.454 e. The molecule has 1 aromatic heterocycles. The number of carbonyl (C=O) groups excluding carboxylic acids is 2. The molecule has 18 heteroatoms. The molecular weight excluding hydrogens is 667 g/mol. The molecule has 1 saturated carbocycles. The minimum absolute atomic E-state index is 0.0127. The van der Waals surface area contributed by atoms with Gasteiger partial charge in [-0.05, 0) is 68.7 Å². The molecule has 2 aromatic carbocycles. The number of aromatic nitrogens is 3. The number of methoxy groups -OCH3 is 1. The number of hydrogen-bond acceptors (Lipinski definition) is 11. The van der Waals surface area contributed by atoms with Gasteiger partial charge >= 0.3 is 12.2 Å². The van der Waals surface area contributed by atoms with E-state index in [2.05, 4.69) is 30.9 Å². The van der Waals surface area contributed by atoms with E-state index in [0.717, 1.165) is 18.4 Å². The van der Waals surface area contributed by atoms with Crippen LogP contribution >= 0.6 is 11.6 Å². The first-order valence-electron chi connectivity index (χ1n) is 14.2. The molecule has 0 spiro atoms. The van der Waals surface area contributed by atoms with Crippen LogP contribution < -0.4 is 25.4 Å². The fraction of sp³-hybridized carbons (Fsp3) is 0.414. The van der Waals surface area contributed by atoms with Crippen molar-refractivity contribution < 1.29 is 40.7 Å². The average Bonchev–Trinajstić information content (AvgIpc) is 3.78. The quantitative estimate of drug-likeness (QED) is 0.179. The van der Waals surface area contributed by atoms with E-state index in [-0.39, 0.29) is 30.6 Å². The molecule has 0 saturated heterocycles. The zero-order chi connectivity index (χ0) is 34.5. The third-order valence-electron chi connectivity index (χ3n) is 6.99. The summed E-state index contributed by atoms with van der Waals surface area (Å²) in [6.07, 6.45) is -3.17. The highest BCUT2D eigenvalue weighted by atomic mass is 35.5. The molecule has 0 bridgehead atoms. The molecule has 0 unspecified atom stereocenters. The number of nitrogens with one attached hydrogen (secondary N) is 4. The first-order valence-corrected chi connectivity index (χ1v) is 16.2. The highest BCUT2D eigenvalue weighted by molar-refractivity contribution is 7.90. The van der Waals surface area contributed by atoms with Crippen molar-refractivity contribution in [3.05, 3.63) is 64.7 Å². The van der Waals surface area contributed by atoms with Crippen LogP contribution in [-0.2, 0) is 25.1 Å². The molecule has 1 aliphatic carbocycles. The second-order valence-corrected chi connectivity index (χ2v) is 13.7. The molecule has 1 fully saturated rings. The lowest BCUT2D eigenvalue weighted by Gasteiger charge is -2.23. The first-order chi connectivity index (χ1) is 22.0. The fourth-order valence-electron chi connectivity index (χ4n) is 4.11. The van der Waals surface area contributed by atoms with Gasteiger partial charge in [0.05, 0.1) is 23.3 Å². The van der Waals surface area contributed by atoms with Gasteiger partial charge in [0.15, 0.2) is 6.61 Å². The van der Waals surface area contributed by atoms with Crippen molar-refractivity contribution in [2.75, 3.05) is 43.3 Å². The Morgan fingerprint density at radius 2 is 1.62 bits per heavy atom. The van der Waals surface area contributed by atoms with Crippen LogP contribution in [0.2, 0.25) is 5.02 Å². The maximum Gasteiger partial charge on any atom is 0.422 e. The summed E-state index contributed by atoms with van der Waals surface area (Å²) in [4.78, 5) is 37.6. The lowest BCUT2D eigenvalue weighted by atomic mass is 9.92. The molecule has 47 heavy (non-hydrogen) atoms. The summed E-state index contributed by atoms with van der Waals surface area (Å²) in [5.41, 5.74) is -0.294. The highest BCUT2D eigenvalue weighted by Crippen LogP contribution is 2.48. The topological polar surface area (TPSA) is 174 Å². The number of anilines is 3. The third-order valence-corrected chi connectivity index (χ3v) is 8.44. The number of hydrogen-bond donors (Lipinski definition) is 4. The number of benzene rings is 2. The van der Waals surface area contributed by atoms with Crippen LogP contribution in [0.5, 0.6) is 6.01 Å². The number of amides is 2. The van der Waals surface area contributed by atoms with Gasteiger partial charge < -0.3 is 25.4 Å². The number of sulfonamides is 1. The Morgan fingerprint density at radius 3 is 2.21 bits per heavy atom. The van der Waals surface area contributed by atoms with Crippen molar-refractivity contribution in [3.8, 4) is 6.01 Å². The van der Waals surface area contributed by atoms with Gasteiger partial charge in [-0.15, -0.1) is 0 Å². The molecule has 1 heterocycles. The number of nitrogens with zero attached hydrogens (tertiary/aromatic N) is 3. The fourth-order valence-corrected chi connectivity index (χ4v) is 5.29. The molecule has 13 nitrogen and oxygen atoms in total. The summed E-state index contributed by atoms with van der Waals surface area (Å²) in [6, 6.07) is 12.5. The first kappa shape index (κ1) is 35.6. The molecule has 3 aromatic rings. The van der Waals surface area contributed by atoms with Crippen molar-refractivity contribution in [1.82, 2.24) is 25.0 Å². The minimum Gasteiger partial charge on any atom is -0.454 e. The predicted octanol–water partition coefficient (Wildman–Crippen LogP) is 4.16. The van der Waals surface area contributed by atoms with E-state index in [1.807, 2.05) is 16.9 Å². The number of ether oxygens (including phenoxy) is 2. The van der Waals surface area contributed by atoms with Gasteiger partial charge in [-0.1, -0.05) is 23.7 Å². The molecule has 0 radical (unpaired) electrons. The highest BCUT2D eigenvalue weighted by Gasteiger charge is 2.45.